The van der Waals surface area contributed by atoms with Crippen molar-refractivity contribution < 1.29 is 0 Å². The van der Waals surface area contributed by atoms with E-state index in [4.69, 9.17) is 0 Å². The van der Waals surface area contributed by atoms with Gasteiger partial charge in [-0.2, -0.15) is 0 Å². The van der Waals surface area contributed by atoms with Crippen molar-refractivity contribution in [3.63, 3.8) is 0 Å². The Morgan fingerprint density at radius 1 is 0.404 bits per heavy atom. The highest BCUT2D eigenvalue weighted by Crippen LogP contribution is 2.55. The molecule has 11 rings (SSSR count). The van der Waals surface area contributed by atoms with E-state index in [1.165, 1.54) is 94.5 Å². The zero-order valence-electron chi connectivity index (χ0n) is 32.2. The fraction of sp³-hybridized carbons (Fsp3) is 0.127. The lowest BCUT2D eigenvalue weighted by Crippen LogP contribution is -2.17. The first kappa shape index (κ1) is 34.8. The molecule has 2 heteroatoms. The van der Waals surface area contributed by atoms with Crippen LogP contribution < -0.4 is 4.90 Å². The highest BCUT2D eigenvalue weighted by molar-refractivity contribution is 6.10. The number of hydrogen-bond acceptors (Lipinski definition) is 1. The molecule has 0 aliphatic heterocycles. The molecule has 0 spiro atoms. The van der Waals surface area contributed by atoms with Crippen molar-refractivity contribution in [3.05, 3.63) is 204 Å². The average Bonchev–Trinajstić information content (AvgIpc) is 3.78. The third-order valence-corrected chi connectivity index (χ3v) is 12.8. The van der Waals surface area contributed by atoms with Crippen LogP contribution in [0.2, 0.25) is 0 Å². The van der Waals surface area contributed by atoms with Crippen LogP contribution in [0.3, 0.4) is 0 Å². The van der Waals surface area contributed by atoms with Gasteiger partial charge in [0.25, 0.3) is 0 Å². The number of rotatable bonds is 5. The van der Waals surface area contributed by atoms with E-state index in [1.54, 1.807) is 0 Å². The third-order valence-electron chi connectivity index (χ3n) is 12.8. The number of hydrogen-bond donors (Lipinski definition) is 0. The summed E-state index contributed by atoms with van der Waals surface area (Å²) < 4.78 is 2.40. The van der Waals surface area contributed by atoms with Gasteiger partial charge in [-0.05, 0) is 105 Å². The van der Waals surface area contributed by atoms with Crippen molar-refractivity contribution in [1.29, 1.82) is 0 Å². The largest absolute Gasteiger partial charge is 0.310 e. The number of benzene rings is 8. The second-order valence-corrected chi connectivity index (χ2v) is 16.6. The van der Waals surface area contributed by atoms with Gasteiger partial charge in [-0.3, -0.25) is 0 Å². The summed E-state index contributed by atoms with van der Waals surface area (Å²) in [5, 5.41) is 2.53. The first-order valence-electron chi connectivity index (χ1n) is 19.8. The number of para-hydroxylation sites is 2. The van der Waals surface area contributed by atoms with Crippen molar-refractivity contribution >= 4 is 38.9 Å². The molecule has 0 amide bonds. The Bertz CT molecular complexity index is 3020. The Balaban J connectivity index is 0.00000396. The SMILES string of the molecule is C.CC1(C)c2ccccc2-c2ccc(N(c3ccc(-c4ccc5c6ccccc6n(-c6ccccc6)c5c4)cc3)c3cccc4c3-c3ccccc3C4(C)C)cc21. The summed E-state index contributed by atoms with van der Waals surface area (Å²) in [6, 6.07) is 67.5. The molecule has 0 bridgehead atoms. The molecular weight excluding hydrogens is 689 g/mol. The molecule has 2 aliphatic carbocycles. The molecule has 276 valence electrons. The maximum Gasteiger partial charge on any atom is 0.0547 e. The Labute approximate surface area is 336 Å². The van der Waals surface area contributed by atoms with E-state index in [1.807, 2.05) is 0 Å². The molecule has 0 fully saturated rings. The Morgan fingerprint density at radius 3 is 1.77 bits per heavy atom. The molecule has 0 unspecified atom stereocenters. The van der Waals surface area contributed by atoms with Crippen LogP contribution in [-0.2, 0) is 10.8 Å². The van der Waals surface area contributed by atoms with Crippen LogP contribution in [0.4, 0.5) is 17.1 Å². The molecule has 1 aromatic heterocycles. The molecule has 9 aromatic rings. The maximum atomic E-state index is 2.50. The quantitative estimate of drug-likeness (QED) is 0.171. The predicted octanol–water partition coefficient (Wildman–Crippen LogP) is 15.2. The Morgan fingerprint density at radius 2 is 0.982 bits per heavy atom. The van der Waals surface area contributed by atoms with Gasteiger partial charge in [0.05, 0.1) is 16.7 Å². The van der Waals surface area contributed by atoms with Crippen LogP contribution >= 0.6 is 0 Å². The average molecular weight is 735 g/mol. The lowest BCUT2D eigenvalue weighted by molar-refractivity contribution is 0.660. The van der Waals surface area contributed by atoms with Crippen molar-refractivity contribution in [2.75, 3.05) is 4.90 Å². The molecule has 57 heavy (non-hydrogen) atoms. The molecule has 0 N–H and O–H groups in total. The fourth-order valence-corrected chi connectivity index (χ4v) is 9.99. The first-order chi connectivity index (χ1) is 27.3. The normalized spacial score (nSPS) is 14.1. The minimum absolute atomic E-state index is 0. The van der Waals surface area contributed by atoms with Gasteiger partial charge >= 0.3 is 0 Å². The maximum absolute atomic E-state index is 2.50. The molecule has 2 aliphatic rings. The van der Waals surface area contributed by atoms with E-state index in [0.29, 0.717) is 0 Å². The highest BCUT2D eigenvalue weighted by Gasteiger charge is 2.39. The third kappa shape index (κ3) is 5.03. The number of fused-ring (bicyclic) bond motifs is 9. The second-order valence-electron chi connectivity index (χ2n) is 16.6. The second kappa shape index (κ2) is 12.7. The van der Waals surface area contributed by atoms with Crippen LogP contribution in [0.25, 0.3) is 60.9 Å². The van der Waals surface area contributed by atoms with E-state index < -0.39 is 0 Å². The molecule has 2 nitrogen and oxygen atoms in total. The Kier molecular flexibility index (Phi) is 7.76. The molecule has 0 radical (unpaired) electrons. The van der Waals surface area contributed by atoms with Crippen molar-refractivity contribution in [1.82, 2.24) is 4.57 Å². The minimum Gasteiger partial charge on any atom is -0.310 e. The highest BCUT2D eigenvalue weighted by atomic mass is 15.1. The lowest BCUT2D eigenvalue weighted by atomic mass is 9.82. The lowest BCUT2D eigenvalue weighted by Gasteiger charge is -2.30. The van der Waals surface area contributed by atoms with Gasteiger partial charge in [0.15, 0.2) is 0 Å². The van der Waals surface area contributed by atoms with E-state index in [-0.39, 0.29) is 18.3 Å². The van der Waals surface area contributed by atoms with Gasteiger partial charge in [0, 0.05) is 44.2 Å². The molecule has 8 aromatic carbocycles. The van der Waals surface area contributed by atoms with Gasteiger partial charge in [0.1, 0.15) is 0 Å². The van der Waals surface area contributed by atoms with E-state index >= 15 is 0 Å². The van der Waals surface area contributed by atoms with E-state index in [0.717, 1.165) is 5.69 Å². The Hall–Kier alpha value is -6.64. The minimum atomic E-state index is -0.106. The summed E-state index contributed by atoms with van der Waals surface area (Å²) >= 11 is 0. The molecule has 0 saturated carbocycles. The van der Waals surface area contributed by atoms with Gasteiger partial charge in [-0.1, -0.05) is 163 Å². The van der Waals surface area contributed by atoms with Crippen LogP contribution in [0, 0.1) is 0 Å². The smallest absolute Gasteiger partial charge is 0.0547 e. The van der Waals surface area contributed by atoms with Crippen molar-refractivity contribution in [2.45, 2.75) is 46.0 Å². The van der Waals surface area contributed by atoms with Crippen molar-refractivity contribution in [2.24, 2.45) is 0 Å². The monoisotopic (exact) mass is 734 g/mol. The summed E-state index contributed by atoms with van der Waals surface area (Å²) in [5.41, 5.74) is 20.1. The van der Waals surface area contributed by atoms with Crippen LogP contribution in [0.5, 0.6) is 0 Å². The number of nitrogens with zero attached hydrogens (tertiary/aromatic N) is 2. The van der Waals surface area contributed by atoms with Gasteiger partial charge in [-0.25, -0.2) is 0 Å². The fourth-order valence-electron chi connectivity index (χ4n) is 9.99. The summed E-state index contributed by atoms with van der Waals surface area (Å²) in [6.45, 7) is 9.47. The molecular formula is C55H46N2. The van der Waals surface area contributed by atoms with Gasteiger partial charge in [0.2, 0.25) is 0 Å². The van der Waals surface area contributed by atoms with Crippen LogP contribution in [-0.4, -0.2) is 4.57 Å². The summed E-state index contributed by atoms with van der Waals surface area (Å²) in [5.74, 6) is 0. The zero-order chi connectivity index (χ0) is 37.8. The first-order valence-corrected chi connectivity index (χ1v) is 19.8. The molecule has 0 saturated heterocycles. The van der Waals surface area contributed by atoms with E-state index in [9.17, 15) is 0 Å². The standard InChI is InChI=1S/C54H42N2.CH4/c1-53(2)46-21-12-9-19-44(46)52-47(53)22-14-24-50(52)55(39-30-32-41-40-17-8-11-20-45(40)54(3,4)48(41)34-39)38-28-25-35(26-29-38)36-27-31-43-42-18-10-13-23-49(42)56(51(43)33-36)37-15-6-5-7-16-37;/h5-34H,1-4H3;1H4. The van der Waals surface area contributed by atoms with Crippen LogP contribution in [0.1, 0.15) is 57.4 Å². The number of anilines is 3. The summed E-state index contributed by atoms with van der Waals surface area (Å²) in [7, 11) is 0. The van der Waals surface area contributed by atoms with Gasteiger partial charge < -0.3 is 9.47 Å². The summed E-state index contributed by atoms with van der Waals surface area (Å²) in [4.78, 5) is 2.50. The topological polar surface area (TPSA) is 8.17 Å². The van der Waals surface area contributed by atoms with Gasteiger partial charge in [-0.15, -0.1) is 0 Å². The zero-order valence-corrected chi connectivity index (χ0v) is 32.2. The van der Waals surface area contributed by atoms with Crippen molar-refractivity contribution in [3.8, 4) is 39.1 Å². The number of aromatic nitrogens is 1. The van der Waals surface area contributed by atoms with Crippen LogP contribution in [0.15, 0.2) is 182 Å². The summed E-state index contributed by atoms with van der Waals surface area (Å²) in [6.07, 6.45) is 0. The predicted molar refractivity (Wildman–Crippen MR) is 243 cm³/mol. The molecule has 0 atom stereocenters. The van der Waals surface area contributed by atoms with E-state index in [2.05, 4.69) is 219 Å². The molecule has 1 heterocycles.